The standard InChI is InChI=1S/C14H17ClN2O4/c1-7(2)10-3-8(4-12(15)16-10)13(18)17-11-6-21-5-9(11)14(19)20/h3-4,7,9,11H,5-6H2,1-2H3,(H,17,18)(H,19,20). The molecule has 2 rings (SSSR count). The van der Waals surface area contributed by atoms with Gasteiger partial charge in [-0.15, -0.1) is 0 Å². The number of carboxylic acids is 1. The van der Waals surface area contributed by atoms with Gasteiger partial charge < -0.3 is 15.2 Å². The number of ether oxygens (including phenoxy) is 1. The summed E-state index contributed by atoms with van der Waals surface area (Å²) in [6.45, 7) is 4.20. The van der Waals surface area contributed by atoms with E-state index in [4.69, 9.17) is 21.4 Å². The van der Waals surface area contributed by atoms with Gasteiger partial charge in [0.15, 0.2) is 0 Å². The van der Waals surface area contributed by atoms with E-state index in [1.54, 1.807) is 6.07 Å². The Kier molecular flexibility index (Phi) is 4.80. The van der Waals surface area contributed by atoms with Crippen molar-refractivity contribution in [3.05, 3.63) is 28.5 Å². The number of carboxylic acid groups (broad SMARTS) is 1. The highest BCUT2D eigenvalue weighted by Gasteiger charge is 2.35. The highest BCUT2D eigenvalue weighted by molar-refractivity contribution is 6.29. The van der Waals surface area contributed by atoms with E-state index < -0.39 is 17.9 Å². The van der Waals surface area contributed by atoms with Crippen molar-refractivity contribution in [1.29, 1.82) is 0 Å². The van der Waals surface area contributed by atoms with Gasteiger partial charge in [0.2, 0.25) is 0 Å². The number of carbonyl (C=O) groups excluding carboxylic acids is 1. The number of hydrogen-bond donors (Lipinski definition) is 2. The van der Waals surface area contributed by atoms with Crippen LogP contribution in [0.2, 0.25) is 5.15 Å². The number of carbonyl (C=O) groups is 2. The van der Waals surface area contributed by atoms with Crippen LogP contribution < -0.4 is 5.32 Å². The van der Waals surface area contributed by atoms with Crippen molar-refractivity contribution < 1.29 is 19.4 Å². The Balaban J connectivity index is 2.15. The first-order chi connectivity index (χ1) is 9.88. The lowest BCUT2D eigenvalue weighted by molar-refractivity contribution is -0.142. The lowest BCUT2D eigenvalue weighted by Gasteiger charge is -2.16. The zero-order chi connectivity index (χ0) is 15.6. The summed E-state index contributed by atoms with van der Waals surface area (Å²) in [5, 5.41) is 12.0. The van der Waals surface area contributed by atoms with E-state index in [1.807, 2.05) is 13.8 Å². The summed E-state index contributed by atoms with van der Waals surface area (Å²) in [5.41, 5.74) is 1.08. The van der Waals surface area contributed by atoms with Crippen LogP contribution in [0.4, 0.5) is 0 Å². The molecule has 1 aromatic rings. The van der Waals surface area contributed by atoms with Crippen LogP contribution in [0.5, 0.6) is 0 Å². The summed E-state index contributed by atoms with van der Waals surface area (Å²) in [6, 6.07) is 2.59. The van der Waals surface area contributed by atoms with Crippen molar-refractivity contribution in [2.24, 2.45) is 5.92 Å². The van der Waals surface area contributed by atoms with Gasteiger partial charge in [-0.1, -0.05) is 25.4 Å². The molecular weight excluding hydrogens is 296 g/mol. The van der Waals surface area contributed by atoms with Crippen LogP contribution in [0.25, 0.3) is 0 Å². The molecule has 0 spiro atoms. The molecule has 0 aromatic carbocycles. The summed E-state index contributed by atoms with van der Waals surface area (Å²) in [4.78, 5) is 27.5. The fourth-order valence-electron chi connectivity index (χ4n) is 2.14. The molecule has 21 heavy (non-hydrogen) atoms. The maximum Gasteiger partial charge on any atom is 0.311 e. The minimum Gasteiger partial charge on any atom is -0.481 e. The van der Waals surface area contributed by atoms with Crippen LogP contribution in [-0.2, 0) is 9.53 Å². The molecule has 0 bridgehead atoms. The molecule has 1 fully saturated rings. The van der Waals surface area contributed by atoms with Crippen LogP contribution in [0.15, 0.2) is 12.1 Å². The average Bonchev–Trinajstić information content (AvgIpc) is 2.86. The second-order valence-corrected chi connectivity index (χ2v) is 5.71. The molecule has 1 amide bonds. The second kappa shape index (κ2) is 6.41. The second-order valence-electron chi connectivity index (χ2n) is 5.32. The number of aliphatic carboxylic acids is 1. The van der Waals surface area contributed by atoms with Gasteiger partial charge in [0.05, 0.1) is 19.3 Å². The average molecular weight is 313 g/mol. The minimum atomic E-state index is -0.978. The third kappa shape index (κ3) is 3.71. The van der Waals surface area contributed by atoms with E-state index in [2.05, 4.69) is 10.3 Å². The molecular formula is C14H17ClN2O4. The van der Waals surface area contributed by atoms with Gasteiger partial charge in [0.1, 0.15) is 11.1 Å². The Labute approximate surface area is 127 Å². The van der Waals surface area contributed by atoms with Crippen LogP contribution in [0.1, 0.15) is 35.8 Å². The summed E-state index contributed by atoms with van der Waals surface area (Å²) in [6.07, 6.45) is 0. The number of halogens is 1. The number of pyridine rings is 1. The van der Waals surface area contributed by atoms with Gasteiger partial charge >= 0.3 is 5.97 Å². The third-order valence-electron chi connectivity index (χ3n) is 3.38. The normalized spacial score (nSPS) is 21.5. The fraction of sp³-hybridized carbons (Fsp3) is 0.500. The predicted molar refractivity (Wildman–Crippen MR) is 76.5 cm³/mol. The Bertz CT molecular complexity index is 562. The van der Waals surface area contributed by atoms with Crippen molar-refractivity contribution in [3.8, 4) is 0 Å². The maximum absolute atomic E-state index is 12.2. The van der Waals surface area contributed by atoms with Gasteiger partial charge in [0, 0.05) is 11.3 Å². The molecule has 0 radical (unpaired) electrons. The quantitative estimate of drug-likeness (QED) is 0.826. The molecule has 1 aliphatic rings. The van der Waals surface area contributed by atoms with Gasteiger partial charge in [0.25, 0.3) is 5.91 Å². The van der Waals surface area contributed by atoms with Crippen molar-refractivity contribution in [1.82, 2.24) is 10.3 Å². The maximum atomic E-state index is 12.2. The monoisotopic (exact) mass is 312 g/mol. The van der Waals surface area contributed by atoms with Crippen LogP contribution in [-0.4, -0.2) is 41.2 Å². The highest BCUT2D eigenvalue weighted by atomic mass is 35.5. The summed E-state index contributed by atoms with van der Waals surface area (Å²) >= 11 is 5.92. The predicted octanol–water partition coefficient (Wildman–Crippen LogP) is 1.69. The van der Waals surface area contributed by atoms with Crippen molar-refractivity contribution in [3.63, 3.8) is 0 Å². The molecule has 114 valence electrons. The zero-order valence-electron chi connectivity index (χ0n) is 11.8. The first-order valence-electron chi connectivity index (χ1n) is 6.67. The zero-order valence-corrected chi connectivity index (χ0v) is 12.6. The third-order valence-corrected chi connectivity index (χ3v) is 3.58. The van der Waals surface area contributed by atoms with E-state index in [0.29, 0.717) is 11.3 Å². The molecule has 6 nitrogen and oxygen atoms in total. The highest BCUT2D eigenvalue weighted by Crippen LogP contribution is 2.19. The van der Waals surface area contributed by atoms with Crippen LogP contribution >= 0.6 is 11.6 Å². The molecule has 2 unspecified atom stereocenters. The number of aromatic nitrogens is 1. The molecule has 2 N–H and O–H groups in total. The van der Waals surface area contributed by atoms with E-state index >= 15 is 0 Å². The number of rotatable bonds is 4. The first kappa shape index (κ1) is 15.7. The van der Waals surface area contributed by atoms with E-state index in [1.165, 1.54) is 6.07 Å². The van der Waals surface area contributed by atoms with Crippen molar-refractivity contribution >= 4 is 23.5 Å². The summed E-state index contributed by atoms with van der Waals surface area (Å²) in [5.74, 6) is -1.94. The van der Waals surface area contributed by atoms with Crippen LogP contribution in [0.3, 0.4) is 0 Å². The Morgan fingerprint density at radius 2 is 2.14 bits per heavy atom. The molecule has 1 aromatic heterocycles. The van der Waals surface area contributed by atoms with Crippen molar-refractivity contribution in [2.45, 2.75) is 25.8 Å². The lowest BCUT2D eigenvalue weighted by Crippen LogP contribution is -2.42. The van der Waals surface area contributed by atoms with Gasteiger partial charge in [-0.05, 0) is 18.1 Å². The van der Waals surface area contributed by atoms with Crippen LogP contribution in [0, 0.1) is 5.92 Å². The first-order valence-corrected chi connectivity index (χ1v) is 7.05. The number of amides is 1. The summed E-state index contributed by atoms with van der Waals surface area (Å²) in [7, 11) is 0. The molecule has 7 heteroatoms. The van der Waals surface area contributed by atoms with E-state index in [9.17, 15) is 9.59 Å². The van der Waals surface area contributed by atoms with Gasteiger partial charge in [-0.2, -0.15) is 0 Å². The number of nitrogens with one attached hydrogen (secondary N) is 1. The Morgan fingerprint density at radius 1 is 1.43 bits per heavy atom. The topological polar surface area (TPSA) is 88.5 Å². The molecule has 2 heterocycles. The summed E-state index contributed by atoms with van der Waals surface area (Å²) < 4.78 is 5.12. The number of nitrogens with zero attached hydrogens (tertiary/aromatic N) is 1. The van der Waals surface area contributed by atoms with E-state index in [0.717, 1.165) is 0 Å². The van der Waals surface area contributed by atoms with E-state index in [-0.39, 0.29) is 30.2 Å². The molecule has 0 saturated carbocycles. The lowest BCUT2D eigenvalue weighted by atomic mass is 10.0. The van der Waals surface area contributed by atoms with Crippen molar-refractivity contribution in [2.75, 3.05) is 13.2 Å². The molecule has 1 aliphatic heterocycles. The molecule has 0 aliphatic carbocycles. The fourth-order valence-corrected chi connectivity index (χ4v) is 2.35. The van der Waals surface area contributed by atoms with Gasteiger partial charge in [-0.3, -0.25) is 9.59 Å². The SMILES string of the molecule is CC(C)c1cc(C(=O)NC2COCC2C(=O)O)cc(Cl)n1. The molecule has 2 atom stereocenters. The minimum absolute atomic E-state index is 0.106. The Morgan fingerprint density at radius 3 is 2.76 bits per heavy atom. The number of hydrogen-bond acceptors (Lipinski definition) is 4. The largest absolute Gasteiger partial charge is 0.481 e. The van der Waals surface area contributed by atoms with Gasteiger partial charge in [-0.25, -0.2) is 4.98 Å². The smallest absolute Gasteiger partial charge is 0.311 e. The molecule has 1 saturated heterocycles. The Hall–Kier alpha value is -1.66.